The number of amides is 1. The number of nitrogens with one attached hydrogen (secondary N) is 1. The zero-order valence-electron chi connectivity index (χ0n) is 11.7. The minimum Gasteiger partial charge on any atom is -0.490 e. The van der Waals surface area contributed by atoms with E-state index in [0.717, 1.165) is 0 Å². The molecule has 1 amide bonds. The van der Waals surface area contributed by atoms with Crippen LogP contribution in [0.1, 0.15) is 37.8 Å². The first-order valence-electron chi connectivity index (χ1n) is 7.02. The summed E-state index contributed by atoms with van der Waals surface area (Å²) >= 11 is 0. The zero-order valence-corrected chi connectivity index (χ0v) is 11.7. The van der Waals surface area contributed by atoms with Crippen LogP contribution in [-0.4, -0.2) is 19.1 Å². The molecule has 1 atom stereocenters. The van der Waals surface area contributed by atoms with E-state index in [1.165, 1.54) is 18.9 Å². The number of nitrogens with two attached hydrogens (primary N) is 1. The van der Waals surface area contributed by atoms with Crippen molar-refractivity contribution in [3.8, 4) is 5.75 Å². The standard InChI is InChI=1S/C15H21FN2O2/c1-10(18-15(19)6-7-17)12-4-5-14(13(16)8-12)20-9-11-2-3-11/h4-5,8,10-11H,2-3,6-7,9,17H2,1H3,(H,18,19). The van der Waals surface area contributed by atoms with Crippen molar-refractivity contribution in [3.63, 3.8) is 0 Å². The predicted molar refractivity (Wildman–Crippen MR) is 74.8 cm³/mol. The highest BCUT2D eigenvalue weighted by atomic mass is 19.1. The molecule has 4 nitrogen and oxygen atoms in total. The highest BCUT2D eigenvalue weighted by Gasteiger charge is 2.22. The van der Waals surface area contributed by atoms with Gasteiger partial charge in [-0.3, -0.25) is 4.79 Å². The third kappa shape index (κ3) is 4.20. The number of hydrogen-bond donors (Lipinski definition) is 2. The van der Waals surface area contributed by atoms with Crippen molar-refractivity contribution >= 4 is 5.91 Å². The molecule has 1 aliphatic rings. The molecule has 0 aliphatic heterocycles. The van der Waals surface area contributed by atoms with Gasteiger partial charge in [0.2, 0.25) is 5.91 Å². The molecular weight excluding hydrogens is 259 g/mol. The van der Waals surface area contributed by atoms with Gasteiger partial charge < -0.3 is 15.8 Å². The molecule has 1 saturated carbocycles. The van der Waals surface area contributed by atoms with Crippen LogP contribution in [0.15, 0.2) is 18.2 Å². The van der Waals surface area contributed by atoms with Gasteiger partial charge in [0.1, 0.15) is 0 Å². The fourth-order valence-corrected chi connectivity index (χ4v) is 1.92. The molecule has 3 N–H and O–H groups in total. The Hall–Kier alpha value is -1.62. The summed E-state index contributed by atoms with van der Waals surface area (Å²) in [6, 6.07) is 4.56. The zero-order chi connectivity index (χ0) is 14.5. The van der Waals surface area contributed by atoms with Gasteiger partial charge >= 0.3 is 0 Å². The Morgan fingerprint density at radius 1 is 1.55 bits per heavy atom. The van der Waals surface area contributed by atoms with Crippen molar-refractivity contribution in [1.29, 1.82) is 0 Å². The lowest BCUT2D eigenvalue weighted by molar-refractivity contribution is -0.121. The Balaban J connectivity index is 1.94. The van der Waals surface area contributed by atoms with E-state index in [1.807, 2.05) is 6.92 Å². The monoisotopic (exact) mass is 280 g/mol. The quantitative estimate of drug-likeness (QED) is 0.804. The molecule has 1 fully saturated rings. The van der Waals surface area contributed by atoms with Gasteiger partial charge in [-0.2, -0.15) is 0 Å². The average Bonchev–Trinajstić information content (AvgIpc) is 3.21. The van der Waals surface area contributed by atoms with Gasteiger partial charge in [-0.25, -0.2) is 4.39 Å². The van der Waals surface area contributed by atoms with Crippen molar-refractivity contribution in [2.75, 3.05) is 13.2 Å². The van der Waals surface area contributed by atoms with Crippen molar-refractivity contribution in [1.82, 2.24) is 5.32 Å². The van der Waals surface area contributed by atoms with Crippen LogP contribution in [0.25, 0.3) is 0 Å². The number of ether oxygens (including phenoxy) is 1. The maximum atomic E-state index is 13.9. The Kier molecular flexibility index (Phi) is 4.95. The van der Waals surface area contributed by atoms with E-state index in [1.54, 1.807) is 12.1 Å². The van der Waals surface area contributed by atoms with Crippen LogP contribution in [0.5, 0.6) is 5.75 Å². The summed E-state index contributed by atoms with van der Waals surface area (Å²) in [5, 5.41) is 2.78. The lowest BCUT2D eigenvalue weighted by atomic mass is 10.1. The van der Waals surface area contributed by atoms with Crippen LogP contribution in [0, 0.1) is 11.7 Å². The maximum absolute atomic E-state index is 13.9. The summed E-state index contributed by atoms with van der Waals surface area (Å²) in [5.74, 6) is 0.349. The fourth-order valence-electron chi connectivity index (χ4n) is 1.92. The van der Waals surface area contributed by atoms with Gasteiger partial charge in [-0.05, 0) is 43.4 Å². The highest BCUT2D eigenvalue weighted by Crippen LogP contribution is 2.30. The smallest absolute Gasteiger partial charge is 0.221 e. The third-order valence-corrected chi connectivity index (χ3v) is 3.38. The SMILES string of the molecule is CC(NC(=O)CCN)c1ccc(OCC2CC2)c(F)c1. The lowest BCUT2D eigenvalue weighted by Crippen LogP contribution is -2.28. The Bertz CT molecular complexity index is 475. The summed E-state index contributed by atoms with van der Waals surface area (Å²) in [4.78, 5) is 11.5. The van der Waals surface area contributed by atoms with Crippen LogP contribution >= 0.6 is 0 Å². The van der Waals surface area contributed by atoms with E-state index < -0.39 is 0 Å². The first kappa shape index (κ1) is 14.8. The van der Waals surface area contributed by atoms with E-state index in [4.69, 9.17) is 10.5 Å². The molecule has 1 unspecified atom stereocenters. The van der Waals surface area contributed by atoms with Gasteiger partial charge in [-0.15, -0.1) is 0 Å². The van der Waals surface area contributed by atoms with Crippen molar-refractivity contribution < 1.29 is 13.9 Å². The predicted octanol–water partition coefficient (Wildman–Crippen LogP) is 2.14. The minimum absolute atomic E-state index is 0.130. The van der Waals surface area contributed by atoms with E-state index in [-0.39, 0.29) is 29.9 Å². The second-order valence-corrected chi connectivity index (χ2v) is 5.27. The molecule has 0 spiro atoms. The summed E-state index contributed by atoms with van der Waals surface area (Å²) < 4.78 is 19.3. The third-order valence-electron chi connectivity index (χ3n) is 3.38. The van der Waals surface area contributed by atoms with Crippen LogP contribution < -0.4 is 15.8 Å². The lowest BCUT2D eigenvalue weighted by Gasteiger charge is -2.15. The normalized spacial score (nSPS) is 15.8. The minimum atomic E-state index is -0.386. The van der Waals surface area contributed by atoms with E-state index in [9.17, 15) is 9.18 Å². The van der Waals surface area contributed by atoms with Gasteiger partial charge in [0.25, 0.3) is 0 Å². The van der Waals surface area contributed by atoms with Gasteiger partial charge in [0.05, 0.1) is 12.6 Å². The number of carbonyl (C=O) groups is 1. The van der Waals surface area contributed by atoms with Crippen LogP contribution in [-0.2, 0) is 4.79 Å². The number of benzene rings is 1. The Morgan fingerprint density at radius 3 is 2.90 bits per heavy atom. The largest absolute Gasteiger partial charge is 0.490 e. The van der Waals surface area contributed by atoms with Crippen LogP contribution in [0.2, 0.25) is 0 Å². The summed E-state index contributed by atoms with van der Waals surface area (Å²) in [7, 11) is 0. The molecule has 20 heavy (non-hydrogen) atoms. The van der Waals surface area contributed by atoms with Crippen molar-refractivity contribution in [2.45, 2.75) is 32.2 Å². The van der Waals surface area contributed by atoms with E-state index >= 15 is 0 Å². The molecule has 0 heterocycles. The second kappa shape index (κ2) is 6.70. The molecule has 1 aliphatic carbocycles. The van der Waals surface area contributed by atoms with Crippen LogP contribution in [0.4, 0.5) is 4.39 Å². The highest BCUT2D eigenvalue weighted by molar-refractivity contribution is 5.76. The number of carbonyl (C=O) groups excluding carboxylic acids is 1. The average molecular weight is 280 g/mol. The topological polar surface area (TPSA) is 64.4 Å². The molecule has 0 saturated heterocycles. The van der Waals surface area contributed by atoms with Crippen LogP contribution in [0.3, 0.4) is 0 Å². The molecule has 0 bridgehead atoms. The second-order valence-electron chi connectivity index (χ2n) is 5.27. The molecule has 1 aromatic rings. The summed E-state index contributed by atoms with van der Waals surface area (Å²) in [6.45, 7) is 2.70. The number of rotatable bonds is 7. The van der Waals surface area contributed by atoms with Gasteiger partial charge in [-0.1, -0.05) is 6.07 Å². The molecule has 110 valence electrons. The summed E-state index contributed by atoms with van der Waals surface area (Å²) in [6.07, 6.45) is 2.61. The maximum Gasteiger partial charge on any atom is 0.221 e. The molecule has 1 aromatic carbocycles. The Labute approximate surface area is 118 Å². The first-order chi connectivity index (χ1) is 9.60. The first-order valence-corrected chi connectivity index (χ1v) is 7.02. The molecule has 5 heteroatoms. The van der Waals surface area contributed by atoms with Gasteiger partial charge in [0.15, 0.2) is 11.6 Å². The van der Waals surface area contributed by atoms with Crippen molar-refractivity contribution in [3.05, 3.63) is 29.6 Å². The summed E-state index contributed by atoms with van der Waals surface area (Å²) in [5.41, 5.74) is 6.03. The number of halogens is 1. The van der Waals surface area contributed by atoms with E-state index in [2.05, 4.69) is 5.32 Å². The van der Waals surface area contributed by atoms with E-state index in [0.29, 0.717) is 24.6 Å². The fraction of sp³-hybridized carbons (Fsp3) is 0.533. The molecule has 2 rings (SSSR count). The number of hydrogen-bond acceptors (Lipinski definition) is 3. The Morgan fingerprint density at radius 2 is 2.30 bits per heavy atom. The molecular formula is C15H21FN2O2. The molecule has 0 radical (unpaired) electrons. The van der Waals surface area contributed by atoms with Gasteiger partial charge in [0, 0.05) is 13.0 Å². The molecule has 0 aromatic heterocycles. The van der Waals surface area contributed by atoms with Crippen molar-refractivity contribution in [2.24, 2.45) is 11.7 Å².